The quantitative estimate of drug-likeness (QED) is 0.140. The molecule has 0 saturated carbocycles. The summed E-state index contributed by atoms with van der Waals surface area (Å²) >= 11 is 0. The van der Waals surface area contributed by atoms with Gasteiger partial charge in [-0.05, 0) is 49.9 Å². The number of phenolic OH excluding ortho intramolecular Hbond substituents is 1. The van der Waals surface area contributed by atoms with Crippen molar-refractivity contribution in [3.05, 3.63) is 29.8 Å². The number of aliphatic carboxylic acids is 1. The Morgan fingerprint density at radius 1 is 0.969 bits per heavy atom. The first kappa shape index (κ1) is 26.8. The van der Waals surface area contributed by atoms with Crippen LogP contribution in [0.15, 0.2) is 24.3 Å². The van der Waals surface area contributed by atoms with E-state index in [-0.39, 0.29) is 18.6 Å². The van der Waals surface area contributed by atoms with Crippen LogP contribution in [0.1, 0.15) is 24.8 Å². The second-order valence-corrected chi connectivity index (χ2v) is 7.18. The van der Waals surface area contributed by atoms with Crippen molar-refractivity contribution < 1.29 is 34.5 Å². The zero-order valence-corrected chi connectivity index (χ0v) is 17.6. The maximum atomic E-state index is 12.4. The van der Waals surface area contributed by atoms with E-state index in [9.17, 15) is 24.3 Å². The smallest absolute Gasteiger partial charge is 0.328 e. The fourth-order valence-corrected chi connectivity index (χ4v) is 2.74. The zero-order valence-electron chi connectivity index (χ0n) is 17.6. The predicted octanol–water partition coefficient (Wildman–Crippen LogP) is -2.45. The van der Waals surface area contributed by atoms with Crippen molar-refractivity contribution in [3.63, 3.8) is 0 Å². The van der Waals surface area contributed by atoms with Crippen LogP contribution < -0.4 is 27.4 Å². The van der Waals surface area contributed by atoms with Crippen molar-refractivity contribution in [1.29, 1.82) is 0 Å². The SMILES string of the molecule is NCCCCC(NC(=O)CNC(=O)C(N)Cc1ccc(O)cc1)C(=O)NC(CO)C(=O)O. The van der Waals surface area contributed by atoms with Crippen molar-refractivity contribution in [2.45, 2.75) is 43.8 Å². The highest BCUT2D eigenvalue weighted by Gasteiger charge is 2.26. The number of carboxylic acids is 1. The van der Waals surface area contributed by atoms with E-state index >= 15 is 0 Å². The third-order valence-electron chi connectivity index (χ3n) is 4.55. The van der Waals surface area contributed by atoms with Gasteiger partial charge in [0.1, 0.15) is 17.8 Å². The topological polar surface area (TPSA) is 217 Å². The number of aliphatic hydroxyl groups is 1. The van der Waals surface area contributed by atoms with Crippen molar-refractivity contribution in [1.82, 2.24) is 16.0 Å². The number of unbranched alkanes of at least 4 members (excludes halogenated alkanes) is 1. The number of carboxylic acid groups (broad SMARTS) is 1. The summed E-state index contributed by atoms with van der Waals surface area (Å²) < 4.78 is 0. The van der Waals surface area contributed by atoms with Gasteiger partial charge in [0.15, 0.2) is 0 Å². The normalized spacial score (nSPS) is 13.5. The van der Waals surface area contributed by atoms with Crippen LogP contribution in [0, 0.1) is 0 Å². The second-order valence-electron chi connectivity index (χ2n) is 7.18. The van der Waals surface area contributed by atoms with E-state index in [1.54, 1.807) is 12.1 Å². The minimum absolute atomic E-state index is 0.0853. The van der Waals surface area contributed by atoms with E-state index < -0.39 is 55.0 Å². The first-order valence-corrected chi connectivity index (χ1v) is 10.1. The molecule has 32 heavy (non-hydrogen) atoms. The minimum Gasteiger partial charge on any atom is -0.508 e. The van der Waals surface area contributed by atoms with Gasteiger partial charge in [0.25, 0.3) is 0 Å². The number of hydrogen-bond donors (Lipinski definition) is 8. The fourth-order valence-electron chi connectivity index (χ4n) is 2.74. The lowest BCUT2D eigenvalue weighted by Crippen LogP contribution is -2.54. The molecule has 0 heterocycles. The number of rotatable bonds is 14. The van der Waals surface area contributed by atoms with Gasteiger partial charge >= 0.3 is 5.97 Å². The van der Waals surface area contributed by atoms with Crippen molar-refractivity contribution in [2.75, 3.05) is 19.7 Å². The number of benzene rings is 1. The van der Waals surface area contributed by atoms with E-state index in [0.29, 0.717) is 19.4 Å². The van der Waals surface area contributed by atoms with Crippen LogP contribution in [0.5, 0.6) is 5.75 Å². The average molecular weight is 453 g/mol. The molecule has 12 nitrogen and oxygen atoms in total. The van der Waals surface area contributed by atoms with Gasteiger partial charge in [-0.15, -0.1) is 0 Å². The van der Waals surface area contributed by atoms with Crippen LogP contribution in [0.2, 0.25) is 0 Å². The van der Waals surface area contributed by atoms with Crippen LogP contribution in [0.4, 0.5) is 0 Å². The number of aliphatic hydroxyl groups excluding tert-OH is 1. The monoisotopic (exact) mass is 453 g/mol. The van der Waals surface area contributed by atoms with Gasteiger partial charge in [0.05, 0.1) is 19.2 Å². The Bertz CT molecular complexity index is 772. The average Bonchev–Trinajstić information content (AvgIpc) is 2.76. The molecule has 0 aliphatic rings. The molecule has 0 aromatic heterocycles. The molecule has 1 aromatic carbocycles. The summed E-state index contributed by atoms with van der Waals surface area (Å²) in [6.07, 6.45) is 1.47. The molecule has 3 unspecified atom stereocenters. The highest BCUT2D eigenvalue weighted by molar-refractivity contribution is 5.92. The fraction of sp³-hybridized carbons (Fsp3) is 0.500. The maximum absolute atomic E-state index is 12.4. The lowest BCUT2D eigenvalue weighted by molar-refractivity contribution is -0.143. The van der Waals surface area contributed by atoms with Gasteiger partial charge in [-0.2, -0.15) is 0 Å². The van der Waals surface area contributed by atoms with Crippen LogP contribution in [0.25, 0.3) is 0 Å². The number of aromatic hydroxyl groups is 1. The summed E-state index contributed by atoms with van der Waals surface area (Å²) in [5, 5.41) is 34.3. The summed E-state index contributed by atoms with van der Waals surface area (Å²) in [4.78, 5) is 47.8. The van der Waals surface area contributed by atoms with Crippen LogP contribution in [-0.2, 0) is 25.6 Å². The molecular formula is C20H31N5O7. The first-order chi connectivity index (χ1) is 15.2. The molecule has 3 atom stereocenters. The number of phenols is 1. The molecule has 178 valence electrons. The molecule has 12 heteroatoms. The molecule has 0 saturated heterocycles. The standard InChI is InChI=1S/C20H31N5O7/c21-8-2-1-3-15(19(30)25-16(11-26)20(31)32)24-17(28)10-23-18(29)14(22)9-12-4-6-13(27)7-5-12/h4-7,14-16,26-27H,1-3,8-11,21-22H2,(H,23,29)(H,24,28)(H,25,30)(H,31,32). The van der Waals surface area contributed by atoms with Crippen molar-refractivity contribution in [3.8, 4) is 5.75 Å². The summed E-state index contributed by atoms with van der Waals surface area (Å²) in [5.74, 6) is -3.35. The third kappa shape index (κ3) is 9.73. The predicted molar refractivity (Wildman–Crippen MR) is 114 cm³/mol. The molecule has 0 spiro atoms. The number of carbonyl (C=O) groups is 4. The molecule has 0 radical (unpaired) electrons. The van der Waals surface area contributed by atoms with E-state index in [1.165, 1.54) is 12.1 Å². The molecule has 3 amide bonds. The Labute approximate surface area is 185 Å². The molecule has 0 aliphatic heterocycles. The molecule has 1 aromatic rings. The summed E-state index contributed by atoms with van der Waals surface area (Å²) in [6, 6.07) is 2.67. The van der Waals surface area contributed by atoms with E-state index in [2.05, 4.69) is 16.0 Å². The lowest BCUT2D eigenvalue weighted by atomic mass is 10.1. The highest BCUT2D eigenvalue weighted by atomic mass is 16.4. The molecule has 0 aliphatic carbocycles. The van der Waals surface area contributed by atoms with Crippen molar-refractivity contribution in [2.24, 2.45) is 11.5 Å². The zero-order chi connectivity index (χ0) is 24.1. The Hall–Kier alpha value is -3.22. The van der Waals surface area contributed by atoms with E-state index in [4.69, 9.17) is 21.7 Å². The maximum Gasteiger partial charge on any atom is 0.328 e. The van der Waals surface area contributed by atoms with Gasteiger partial charge in [-0.3, -0.25) is 14.4 Å². The highest BCUT2D eigenvalue weighted by Crippen LogP contribution is 2.10. The largest absolute Gasteiger partial charge is 0.508 e. The number of nitrogens with two attached hydrogens (primary N) is 2. The summed E-state index contributed by atoms with van der Waals surface area (Å²) in [7, 11) is 0. The van der Waals surface area contributed by atoms with Gasteiger partial charge < -0.3 is 42.7 Å². The molecule has 10 N–H and O–H groups in total. The molecular weight excluding hydrogens is 422 g/mol. The number of carbonyl (C=O) groups excluding carboxylic acids is 3. The minimum atomic E-state index is -1.51. The third-order valence-corrected chi connectivity index (χ3v) is 4.55. The molecule has 1 rings (SSSR count). The van der Waals surface area contributed by atoms with Crippen LogP contribution >= 0.6 is 0 Å². The Kier molecular flexibility index (Phi) is 11.7. The van der Waals surface area contributed by atoms with Gasteiger partial charge in [-0.1, -0.05) is 12.1 Å². The first-order valence-electron chi connectivity index (χ1n) is 10.1. The van der Waals surface area contributed by atoms with E-state index in [0.717, 1.165) is 5.56 Å². The van der Waals surface area contributed by atoms with Gasteiger partial charge in [-0.25, -0.2) is 4.79 Å². The Morgan fingerprint density at radius 3 is 2.19 bits per heavy atom. The number of amides is 3. The summed E-state index contributed by atoms with van der Waals surface area (Å²) in [6.45, 7) is -0.865. The Balaban J connectivity index is 2.60. The van der Waals surface area contributed by atoms with Crippen LogP contribution in [-0.4, -0.2) is 76.8 Å². The van der Waals surface area contributed by atoms with Crippen LogP contribution in [0.3, 0.4) is 0 Å². The second kappa shape index (κ2) is 14.0. The Morgan fingerprint density at radius 2 is 1.62 bits per heavy atom. The van der Waals surface area contributed by atoms with Crippen molar-refractivity contribution >= 4 is 23.7 Å². The molecule has 0 fully saturated rings. The lowest BCUT2D eigenvalue weighted by Gasteiger charge is -2.21. The molecule has 0 bridgehead atoms. The van der Waals surface area contributed by atoms with Gasteiger partial charge in [0, 0.05) is 0 Å². The number of hydrogen-bond acceptors (Lipinski definition) is 8. The number of nitrogens with one attached hydrogen (secondary N) is 3. The van der Waals surface area contributed by atoms with Gasteiger partial charge in [0.2, 0.25) is 17.7 Å². The van der Waals surface area contributed by atoms with E-state index in [1.807, 2.05) is 0 Å². The summed E-state index contributed by atoms with van der Waals surface area (Å²) in [5.41, 5.74) is 12.0.